The molecule has 164 valence electrons. The van der Waals surface area contributed by atoms with Crippen LogP contribution in [0.3, 0.4) is 0 Å². The van der Waals surface area contributed by atoms with Crippen LogP contribution in [-0.4, -0.2) is 56.8 Å². The highest BCUT2D eigenvalue weighted by atomic mass is 32.2. The Labute approximate surface area is 179 Å². The van der Waals surface area contributed by atoms with Gasteiger partial charge in [0, 0.05) is 37.6 Å². The summed E-state index contributed by atoms with van der Waals surface area (Å²) in [4.78, 5) is 22.8. The average molecular weight is 451 g/mol. The lowest BCUT2D eigenvalue weighted by molar-refractivity contribution is -0.140. The summed E-state index contributed by atoms with van der Waals surface area (Å²) in [5.41, 5.74) is 0.275. The molecule has 2 aromatic rings. The monoisotopic (exact) mass is 451 g/mol. The first-order chi connectivity index (χ1) is 14.8. The van der Waals surface area contributed by atoms with Crippen LogP contribution >= 0.6 is 0 Å². The molecule has 3 heterocycles. The fourth-order valence-electron chi connectivity index (χ4n) is 3.89. The lowest BCUT2D eigenvalue weighted by Crippen LogP contribution is -2.48. The van der Waals surface area contributed by atoms with Gasteiger partial charge in [0.25, 0.3) is 0 Å². The number of piperidine rings is 1. The fraction of sp³-hybridized carbons (Fsp3) is 0.400. The van der Waals surface area contributed by atoms with E-state index < -0.39 is 46.5 Å². The van der Waals surface area contributed by atoms with Gasteiger partial charge in [-0.15, -0.1) is 0 Å². The number of carbonyl (C=O) groups excluding carboxylic acids is 1. The lowest BCUT2D eigenvalue weighted by atomic mass is 9.92. The minimum absolute atomic E-state index is 0.0694. The zero-order valence-electron chi connectivity index (χ0n) is 16.6. The summed E-state index contributed by atoms with van der Waals surface area (Å²) in [6, 6.07) is 3.94. The molecule has 1 aromatic heterocycles. The Kier molecular flexibility index (Phi) is 6.03. The maximum atomic E-state index is 15.0. The van der Waals surface area contributed by atoms with Crippen molar-refractivity contribution in [2.75, 3.05) is 24.2 Å². The van der Waals surface area contributed by atoms with E-state index >= 15 is 4.39 Å². The van der Waals surface area contributed by atoms with Crippen LogP contribution in [0.1, 0.15) is 24.4 Å². The topological polar surface area (TPSA) is 78.8 Å². The summed E-state index contributed by atoms with van der Waals surface area (Å²) in [7, 11) is -1.30. The molecule has 2 aliphatic rings. The largest absolute Gasteiger partial charge is 0.354 e. The summed E-state index contributed by atoms with van der Waals surface area (Å²) in [6.07, 6.45) is 3.27. The van der Waals surface area contributed by atoms with Crippen LogP contribution in [0.15, 0.2) is 40.7 Å². The number of aromatic nitrogens is 2. The molecule has 0 radical (unpaired) electrons. The van der Waals surface area contributed by atoms with Crippen LogP contribution in [0, 0.1) is 17.6 Å². The van der Waals surface area contributed by atoms with E-state index in [9.17, 15) is 17.8 Å². The number of nitrogens with zero attached hydrogens (tertiary/aromatic N) is 5. The van der Waals surface area contributed by atoms with Crippen LogP contribution < -0.4 is 4.90 Å². The van der Waals surface area contributed by atoms with Gasteiger partial charge < -0.3 is 4.90 Å². The maximum Gasteiger partial charge on any atom is 0.249 e. The highest BCUT2D eigenvalue weighted by molar-refractivity contribution is 7.84. The van der Waals surface area contributed by atoms with E-state index in [1.807, 2.05) is 0 Å². The minimum Gasteiger partial charge on any atom is -0.354 e. The summed E-state index contributed by atoms with van der Waals surface area (Å²) in [5.74, 6) is -2.50. The van der Waals surface area contributed by atoms with Crippen molar-refractivity contribution in [1.82, 2.24) is 15.0 Å². The highest BCUT2D eigenvalue weighted by Crippen LogP contribution is 2.34. The van der Waals surface area contributed by atoms with Crippen molar-refractivity contribution in [3.8, 4) is 0 Å². The van der Waals surface area contributed by atoms with Gasteiger partial charge in [0.05, 0.1) is 29.3 Å². The number of anilines is 1. The summed E-state index contributed by atoms with van der Waals surface area (Å²) < 4.78 is 53.9. The number of hydrazone groups is 1. The average Bonchev–Trinajstić information content (AvgIpc) is 3.22. The number of rotatable bonds is 4. The number of alkyl halides is 1. The third kappa shape index (κ3) is 4.46. The predicted octanol–water partition coefficient (Wildman–Crippen LogP) is 2.62. The first-order valence-electron chi connectivity index (χ1n) is 9.69. The molecule has 1 saturated heterocycles. The SMILES string of the molecule is C[S@](=O)c1cc(N2CC[C@H](C(=O)N3N=CC[C@@H]3c3cc(F)cc(F)c3)[C@H](F)C2)ncn1. The van der Waals surface area contributed by atoms with Crippen molar-refractivity contribution in [3.63, 3.8) is 0 Å². The predicted molar refractivity (Wildman–Crippen MR) is 109 cm³/mol. The van der Waals surface area contributed by atoms with Gasteiger partial charge in [0.1, 0.15) is 35.0 Å². The Bertz CT molecular complexity index is 1030. The van der Waals surface area contributed by atoms with Gasteiger partial charge in [-0.2, -0.15) is 5.10 Å². The molecule has 11 heteroatoms. The molecule has 0 spiro atoms. The molecule has 7 nitrogen and oxygen atoms in total. The fourth-order valence-corrected chi connectivity index (χ4v) is 4.36. The molecule has 0 bridgehead atoms. The van der Waals surface area contributed by atoms with Gasteiger partial charge in [-0.1, -0.05) is 0 Å². The third-order valence-corrected chi connectivity index (χ3v) is 6.24. The highest BCUT2D eigenvalue weighted by Gasteiger charge is 2.40. The van der Waals surface area contributed by atoms with Crippen molar-refractivity contribution >= 4 is 28.7 Å². The summed E-state index contributed by atoms with van der Waals surface area (Å²) in [5, 5.41) is 5.52. The van der Waals surface area contributed by atoms with Gasteiger partial charge in [0.15, 0.2) is 0 Å². The third-order valence-electron chi connectivity index (χ3n) is 5.43. The number of carbonyl (C=O) groups is 1. The van der Waals surface area contributed by atoms with Crippen LogP contribution in [0.4, 0.5) is 19.0 Å². The molecule has 0 unspecified atom stereocenters. The van der Waals surface area contributed by atoms with Crippen molar-refractivity contribution in [2.45, 2.75) is 30.1 Å². The smallest absolute Gasteiger partial charge is 0.249 e. The first-order valence-corrected chi connectivity index (χ1v) is 11.3. The van der Waals surface area contributed by atoms with E-state index in [2.05, 4.69) is 15.1 Å². The summed E-state index contributed by atoms with van der Waals surface area (Å²) in [6.45, 7) is 0.292. The van der Waals surface area contributed by atoms with E-state index in [-0.39, 0.29) is 18.5 Å². The standard InChI is InChI=1S/C20H20F3N5O2S/c1-31(30)19-9-18(24-11-25-19)27-5-3-15(16(23)10-27)20(29)28-17(2-4-26-28)12-6-13(21)8-14(22)7-12/h4,6-9,11,15-17H,2-3,5,10H2,1H3/t15-,16+,17+,31-/m0/s1. The van der Waals surface area contributed by atoms with E-state index in [4.69, 9.17) is 0 Å². The lowest BCUT2D eigenvalue weighted by Gasteiger charge is -2.36. The Morgan fingerprint density at radius 2 is 1.90 bits per heavy atom. The molecular weight excluding hydrogens is 431 g/mol. The normalized spacial score (nSPS) is 24.5. The Morgan fingerprint density at radius 3 is 2.58 bits per heavy atom. The van der Waals surface area contributed by atoms with Crippen LogP contribution in [-0.2, 0) is 15.6 Å². The molecule has 0 saturated carbocycles. The van der Waals surface area contributed by atoms with Crippen LogP contribution in [0.5, 0.6) is 0 Å². The summed E-state index contributed by atoms with van der Waals surface area (Å²) >= 11 is 0. The zero-order valence-corrected chi connectivity index (χ0v) is 17.4. The van der Waals surface area contributed by atoms with E-state index in [0.717, 1.165) is 23.2 Å². The van der Waals surface area contributed by atoms with E-state index in [0.29, 0.717) is 23.8 Å². The van der Waals surface area contributed by atoms with Crippen molar-refractivity contribution in [1.29, 1.82) is 0 Å². The number of hydrogen-bond acceptors (Lipinski definition) is 6. The minimum atomic E-state index is -1.49. The van der Waals surface area contributed by atoms with Crippen molar-refractivity contribution in [3.05, 3.63) is 47.8 Å². The van der Waals surface area contributed by atoms with Gasteiger partial charge in [0.2, 0.25) is 5.91 Å². The molecule has 4 atom stereocenters. The van der Waals surface area contributed by atoms with Gasteiger partial charge in [-0.3, -0.25) is 9.00 Å². The molecule has 1 aromatic carbocycles. The molecular formula is C20H20F3N5O2S. The second-order valence-corrected chi connectivity index (χ2v) is 8.79. The molecule has 2 aliphatic heterocycles. The number of amides is 1. The molecule has 0 aliphatic carbocycles. The van der Waals surface area contributed by atoms with Crippen LogP contribution in [0.25, 0.3) is 0 Å². The van der Waals surface area contributed by atoms with E-state index in [1.165, 1.54) is 18.8 Å². The molecule has 31 heavy (non-hydrogen) atoms. The van der Waals surface area contributed by atoms with Crippen LogP contribution in [0.2, 0.25) is 0 Å². The second kappa shape index (κ2) is 8.74. The second-order valence-electron chi connectivity index (χ2n) is 7.46. The van der Waals surface area contributed by atoms with E-state index in [1.54, 1.807) is 11.0 Å². The first kappa shape index (κ1) is 21.4. The van der Waals surface area contributed by atoms with Crippen molar-refractivity contribution < 1.29 is 22.2 Å². The Balaban J connectivity index is 1.48. The molecule has 1 fully saturated rings. The van der Waals surface area contributed by atoms with Gasteiger partial charge in [-0.25, -0.2) is 28.1 Å². The molecule has 0 N–H and O–H groups in total. The van der Waals surface area contributed by atoms with Gasteiger partial charge >= 0.3 is 0 Å². The molecule has 4 rings (SSSR count). The molecule has 1 amide bonds. The maximum absolute atomic E-state index is 15.0. The quantitative estimate of drug-likeness (QED) is 0.668. The Morgan fingerprint density at radius 1 is 1.16 bits per heavy atom. The Hall–Kier alpha value is -2.82. The van der Waals surface area contributed by atoms with Crippen molar-refractivity contribution in [2.24, 2.45) is 11.0 Å². The van der Waals surface area contributed by atoms with Gasteiger partial charge in [-0.05, 0) is 24.1 Å². The number of benzene rings is 1. The number of halogens is 3. The number of hydrogen-bond donors (Lipinski definition) is 0. The zero-order chi connectivity index (χ0) is 22.1.